The van der Waals surface area contributed by atoms with E-state index in [1.54, 1.807) is 13.8 Å². The molecule has 96 valence electrons. The summed E-state index contributed by atoms with van der Waals surface area (Å²) in [6.07, 6.45) is 0.359. The molecule has 0 heterocycles. The summed E-state index contributed by atoms with van der Waals surface area (Å²) in [7, 11) is -1.81. The summed E-state index contributed by atoms with van der Waals surface area (Å²) in [6.45, 7) is 4.98. The van der Waals surface area contributed by atoms with Gasteiger partial charge in [0.1, 0.15) is 0 Å². The second-order valence-electron chi connectivity index (χ2n) is 4.57. The fourth-order valence-electron chi connectivity index (χ4n) is 1.04. The number of carbonyl (C=O) groups is 1. The predicted octanol–water partition coefficient (Wildman–Crippen LogP) is 0.937. The molecule has 0 saturated heterocycles. The molecule has 0 rings (SSSR count). The lowest BCUT2D eigenvalue weighted by Gasteiger charge is -2.22. The first kappa shape index (κ1) is 15.4. The lowest BCUT2D eigenvalue weighted by molar-refractivity contribution is -0.140. The Bertz CT molecular complexity index is 331. The molecule has 5 nitrogen and oxygen atoms in total. The first-order chi connectivity index (χ1) is 7.09. The molecule has 0 radical (unpaired) electrons. The Balaban J connectivity index is 4.32. The Morgan fingerprint density at radius 2 is 1.94 bits per heavy atom. The molecule has 1 N–H and O–H groups in total. The van der Waals surface area contributed by atoms with E-state index in [1.165, 1.54) is 14.0 Å². The van der Waals surface area contributed by atoms with E-state index in [4.69, 9.17) is 9.84 Å². The summed E-state index contributed by atoms with van der Waals surface area (Å²) in [6, 6.07) is 0. The van der Waals surface area contributed by atoms with Crippen molar-refractivity contribution in [1.82, 2.24) is 0 Å². The van der Waals surface area contributed by atoms with Gasteiger partial charge in [-0.2, -0.15) is 0 Å². The highest BCUT2D eigenvalue weighted by Gasteiger charge is 2.24. The molecule has 0 aromatic rings. The lowest BCUT2D eigenvalue weighted by Crippen LogP contribution is -2.29. The molecular weight excluding hydrogens is 232 g/mol. The van der Waals surface area contributed by atoms with Crippen LogP contribution in [0.5, 0.6) is 0 Å². The molecule has 1 unspecified atom stereocenters. The number of aliphatic carboxylic acids is 1. The zero-order valence-electron chi connectivity index (χ0n) is 10.2. The molecule has 0 aromatic carbocycles. The third kappa shape index (κ3) is 6.07. The summed E-state index contributed by atoms with van der Waals surface area (Å²) in [4.78, 5) is 10.5. The molecule has 0 aliphatic heterocycles. The quantitative estimate of drug-likeness (QED) is 0.729. The van der Waals surface area contributed by atoms with Crippen LogP contribution in [0.4, 0.5) is 0 Å². The van der Waals surface area contributed by atoms with Crippen LogP contribution in [0, 0.1) is 5.92 Å². The van der Waals surface area contributed by atoms with Crippen LogP contribution < -0.4 is 0 Å². The summed E-state index contributed by atoms with van der Waals surface area (Å²) < 4.78 is 28.3. The second-order valence-corrected chi connectivity index (χ2v) is 6.80. The third-order valence-electron chi connectivity index (χ3n) is 2.49. The number of hydrogen-bond donors (Lipinski definition) is 1. The summed E-state index contributed by atoms with van der Waals surface area (Å²) in [5.74, 6) is -2.32. The number of sulfone groups is 1. The predicted molar refractivity (Wildman–Crippen MR) is 61.2 cm³/mol. The molecule has 0 amide bonds. The maximum absolute atomic E-state index is 11.6. The largest absolute Gasteiger partial charge is 0.481 e. The second kappa shape index (κ2) is 5.63. The maximum Gasteiger partial charge on any atom is 0.307 e. The van der Waals surface area contributed by atoms with Gasteiger partial charge in [-0.05, 0) is 20.3 Å². The van der Waals surface area contributed by atoms with Gasteiger partial charge in [0, 0.05) is 7.11 Å². The van der Waals surface area contributed by atoms with Crippen LogP contribution in [0.25, 0.3) is 0 Å². The van der Waals surface area contributed by atoms with Crippen molar-refractivity contribution in [3.05, 3.63) is 0 Å². The molecule has 0 spiro atoms. The van der Waals surface area contributed by atoms with Gasteiger partial charge in [-0.1, -0.05) is 6.92 Å². The van der Waals surface area contributed by atoms with Gasteiger partial charge in [0.15, 0.2) is 9.84 Å². The number of methoxy groups -OCH3 is 1. The number of carboxylic acids is 1. The van der Waals surface area contributed by atoms with E-state index in [-0.39, 0.29) is 11.5 Å². The Labute approximate surface area is 96.7 Å². The minimum absolute atomic E-state index is 0.0501. The van der Waals surface area contributed by atoms with E-state index in [1.807, 2.05) is 0 Å². The Morgan fingerprint density at radius 3 is 2.31 bits per heavy atom. The van der Waals surface area contributed by atoms with Gasteiger partial charge in [0.25, 0.3) is 0 Å². The Kier molecular flexibility index (Phi) is 5.41. The van der Waals surface area contributed by atoms with E-state index in [2.05, 4.69) is 0 Å². The standard InChI is InChI=1S/C10H20O5S/c1-8(9(11)12)7-16(13,14)6-5-10(2,3)15-4/h8H,5-7H2,1-4H3,(H,11,12). The van der Waals surface area contributed by atoms with Crippen LogP contribution in [-0.4, -0.2) is 43.7 Å². The molecule has 1 atom stereocenters. The van der Waals surface area contributed by atoms with Crippen molar-refractivity contribution in [2.24, 2.45) is 5.92 Å². The first-order valence-corrected chi connectivity index (χ1v) is 6.90. The van der Waals surface area contributed by atoms with Crippen LogP contribution in [0.1, 0.15) is 27.2 Å². The van der Waals surface area contributed by atoms with Gasteiger partial charge in [-0.3, -0.25) is 4.79 Å². The van der Waals surface area contributed by atoms with Crippen LogP contribution in [-0.2, 0) is 19.4 Å². The van der Waals surface area contributed by atoms with Crippen molar-refractivity contribution < 1.29 is 23.1 Å². The summed E-state index contributed by atoms with van der Waals surface area (Å²) in [5, 5.41) is 8.63. The van der Waals surface area contributed by atoms with E-state index in [0.29, 0.717) is 6.42 Å². The lowest BCUT2D eigenvalue weighted by atomic mass is 10.1. The molecule has 6 heteroatoms. The zero-order chi connectivity index (χ0) is 13.0. The molecule has 0 fully saturated rings. The number of carboxylic acid groups (broad SMARTS) is 1. The van der Waals surface area contributed by atoms with Crippen molar-refractivity contribution in [2.75, 3.05) is 18.6 Å². The molecule has 16 heavy (non-hydrogen) atoms. The maximum atomic E-state index is 11.6. The van der Waals surface area contributed by atoms with Crippen LogP contribution >= 0.6 is 0 Å². The topological polar surface area (TPSA) is 80.7 Å². The number of hydrogen-bond acceptors (Lipinski definition) is 4. The Morgan fingerprint density at radius 1 is 1.44 bits per heavy atom. The Hall–Kier alpha value is -0.620. The highest BCUT2D eigenvalue weighted by atomic mass is 32.2. The van der Waals surface area contributed by atoms with E-state index in [9.17, 15) is 13.2 Å². The van der Waals surface area contributed by atoms with Gasteiger partial charge < -0.3 is 9.84 Å². The van der Waals surface area contributed by atoms with Crippen molar-refractivity contribution >= 4 is 15.8 Å². The van der Waals surface area contributed by atoms with Gasteiger partial charge in [-0.15, -0.1) is 0 Å². The third-order valence-corrected chi connectivity index (χ3v) is 4.33. The van der Waals surface area contributed by atoms with Gasteiger partial charge >= 0.3 is 5.97 Å². The highest BCUT2D eigenvalue weighted by molar-refractivity contribution is 7.91. The molecule has 0 aromatic heterocycles. The monoisotopic (exact) mass is 252 g/mol. The number of rotatable bonds is 7. The highest BCUT2D eigenvalue weighted by Crippen LogP contribution is 2.15. The normalized spacial score (nSPS) is 14.8. The van der Waals surface area contributed by atoms with E-state index < -0.39 is 27.3 Å². The zero-order valence-corrected chi connectivity index (χ0v) is 11.0. The van der Waals surface area contributed by atoms with Crippen LogP contribution in [0.2, 0.25) is 0 Å². The smallest absolute Gasteiger partial charge is 0.307 e. The average Bonchev–Trinajstić information content (AvgIpc) is 2.14. The van der Waals surface area contributed by atoms with Gasteiger partial charge in [0.2, 0.25) is 0 Å². The first-order valence-electron chi connectivity index (χ1n) is 5.08. The molecule has 0 saturated carbocycles. The van der Waals surface area contributed by atoms with Crippen molar-refractivity contribution in [3.8, 4) is 0 Å². The van der Waals surface area contributed by atoms with E-state index in [0.717, 1.165) is 0 Å². The molecular formula is C10H20O5S. The molecule has 0 aliphatic carbocycles. The minimum atomic E-state index is -3.33. The van der Waals surface area contributed by atoms with Gasteiger partial charge in [0.05, 0.1) is 23.0 Å². The summed E-state index contributed by atoms with van der Waals surface area (Å²) in [5.41, 5.74) is -0.500. The van der Waals surface area contributed by atoms with Gasteiger partial charge in [-0.25, -0.2) is 8.42 Å². The number of ether oxygens (including phenoxy) is 1. The fourth-order valence-corrected chi connectivity index (χ4v) is 2.91. The molecule has 0 aliphatic rings. The average molecular weight is 252 g/mol. The van der Waals surface area contributed by atoms with Crippen LogP contribution in [0.3, 0.4) is 0 Å². The SMILES string of the molecule is COC(C)(C)CCS(=O)(=O)CC(C)C(=O)O. The minimum Gasteiger partial charge on any atom is -0.481 e. The van der Waals surface area contributed by atoms with E-state index >= 15 is 0 Å². The summed E-state index contributed by atoms with van der Waals surface area (Å²) >= 11 is 0. The fraction of sp³-hybridized carbons (Fsp3) is 0.900. The molecule has 0 bridgehead atoms. The van der Waals surface area contributed by atoms with Crippen molar-refractivity contribution in [1.29, 1.82) is 0 Å². The van der Waals surface area contributed by atoms with Crippen molar-refractivity contribution in [3.63, 3.8) is 0 Å². The van der Waals surface area contributed by atoms with Crippen LogP contribution in [0.15, 0.2) is 0 Å². The van der Waals surface area contributed by atoms with Crippen molar-refractivity contribution in [2.45, 2.75) is 32.8 Å².